The van der Waals surface area contributed by atoms with Crippen LogP contribution in [0.5, 0.6) is 0 Å². The van der Waals surface area contributed by atoms with Gasteiger partial charge in [-0.05, 0) is 86.3 Å². The van der Waals surface area contributed by atoms with E-state index in [-0.39, 0.29) is 18.3 Å². The van der Waals surface area contributed by atoms with E-state index in [0.717, 1.165) is 23.8 Å². The minimum atomic E-state index is -0.640. The first-order valence-electron chi connectivity index (χ1n) is 11.7. The van der Waals surface area contributed by atoms with Crippen LogP contribution in [0.4, 0.5) is 10.1 Å². The summed E-state index contributed by atoms with van der Waals surface area (Å²) in [6.45, 7) is 1.59. The van der Waals surface area contributed by atoms with Gasteiger partial charge in [0, 0.05) is 6.04 Å². The standard InChI is InChI=1S/C27H29FN4O3/c1-17(29-2)26(34)31-23-14-15-24(19-10-12-20(28)13-11-19)32(27(23)35)25(33)16-30-22-9-5-7-18-6-3-4-8-21(18)22/h3-4,6,8,10-15,17,22,29-30H,5,7,9,16H2,1-2H3,(H,31,34)/t17-,22?/m0/s1. The van der Waals surface area contributed by atoms with Crippen LogP contribution in [0.15, 0.2) is 65.5 Å². The fraction of sp³-hybridized carbons (Fsp3) is 0.296. The summed E-state index contributed by atoms with van der Waals surface area (Å²) in [5, 5.41) is 8.72. The zero-order valence-corrected chi connectivity index (χ0v) is 19.8. The van der Waals surface area contributed by atoms with Gasteiger partial charge in [-0.15, -0.1) is 0 Å². The molecule has 3 aromatic rings. The van der Waals surface area contributed by atoms with Crippen LogP contribution in [0, 0.1) is 5.82 Å². The number of halogens is 1. The van der Waals surface area contributed by atoms with E-state index in [1.54, 1.807) is 20.0 Å². The highest BCUT2D eigenvalue weighted by atomic mass is 19.1. The molecule has 1 amide bonds. The van der Waals surface area contributed by atoms with E-state index in [2.05, 4.69) is 28.1 Å². The van der Waals surface area contributed by atoms with E-state index in [1.165, 1.54) is 41.5 Å². The minimum absolute atomic E-state index is 0.000626. The van der Waals surface area contributed by atoms with Crippen LogP contribution in [0.2, 0.25) is 0 Å². The number of carbonyl (C=O) groups is 2. The van der Waals surface area contributed by atoms with Crippen LogP contribution in [-0.4, -0.2) is 36.0 Å². The molecular weight excluding hydrogens is 447 g/mol. The summed E-state index contributed by atoms with van der Waals surface area (Å²) in [5.41, 5.74) is 2.63. The van der Waals surface area contributed by atoms with E-state index >= 15 is 0 Å². The van der Waals surface area contributed by atoms with Gasteiger partial charge in [-0.2, -0.15) is 0 Å². The molecule has 4 rings (SSSR count). The van der Waals surface area contributed by atoms with Crippen LogP contribution in [0.25, 0.3) is 11.3 Å². The van der Waals surface area contributed by atoms with E-state index in [9.17, 15) is 18.8 Å². The number of nitrogens with zero attached hydrogens (tertiary/aromatic N) is 1. The van der Waals surface area contributed by atoms with Gasteiger partial charge in [-0.1, -0.05) is 24.3 Å². The zero-order chi connectivity index (χ0) is 24.9. The highest BCUT2D eigenvalue weighted by molar-refractivity contribution is 5.95. The third-order valence-corrected chi connectivity index (χ3v) is 6.42. The Balaban J connectivity index is 1.66. The molecule has 0 radical (unpaired) electrons. The molecule has 1 aromatic heterocycles. The van der Waals surface area contributed by atoms with Crippen molar-refractivity contribution in [2.75, 3.05) is 18.9 Å². The van der Waals surface area contributed by atoms with Crippen molar-refractivity contribution >= 4 is 17.5 Å². The number of nitrogens with one attached hydrogen (secondary N) is 3. The number of fused-ring (bicyclic) bond motifs is 1. The van der Waals surface area contributed by atoms with Gasteiger partial charge < -0.3 is 16.0 Å². The number of rotatable bonds is 7. The molecule has 1 unspecified atom stereocenters. The van der Waals surface area contributed by atoms with Crippen LogP contribution < -0.4 is 21.5 Å². The molecule has 0 spiro atoms. The van der Waals surface area contributed by atoms with E-state index in [4.69, 9.17) is 0 Å². The third kappa shape index (κ3) is 5.39. The summed E-state index contributed by atoms with van der Waals surface area (Å²) in [5.74, 6) is -1.28. The lowest BCUT2D eigenvalue weighted by Crippen LogP contribution is -2.40. The van der Waals surface area contributed by atoms with E-state index < -0.39 is 29.2 Å². The number of anilines is 1. The average Bonchev–Trinajstić information content (AvgIpc) is 2.88. The van der Waals surface area contributed by atoms with Crippen molar-refractivity contribution in [2.24, 2.45) is 0 Å². The van der Waals surface area contributed by atoms with Crippen molar-refractivity contribution < 1.29 is 14.0 Å². The lowest BCUT2D eigenvalue weighted by molar-refractivity contribution is -0.117. The van der Waals surface area contributed by atoms with E-state index in [1.807, 2.05) is 12.1 Å². The number of hydrogen-bond donors (Lipinski definition) is 3. The van der Waals surface area contributed by atoms with Crippen molar-refractivity contribution in [3.63, 3.8) is 0 Å². The molecule has 1 heterocycles. The molecule has 2 atom stereocenters. The summed E-state index contributed by atoms with van der Waals surface area (Å²) in [4.78, 5) is 39.1. The molecule has 182 valence electrons. The Kier molecular flexibility index (Phi) is 7.53. The Morgan fingerprint density at radius 1 is 1.09 bits per heavy atom. The lowest BCUT2D eigenvalue weighted by Gasteiger charge is -2.26. The molecular formula is C27H29FN4O3. The fourth-order valence-electron chi connectivity index (χ4n) is 4.35. The SMILES string of the molecule is CN[C@@H](C)C(=O)Nc1ccc(-c2ccc(F)cc2)n(C(=O)CNC2CCCc3ccccc32)c1=O. The molecule has 0 bridgehead atoms. The molecule has 0 saturated heterocycles. The summed E-state index contributed by atoms with van der Waals surface area (Å²) < 4.78 is 14.6. The number of carbonyl (C=O) groups excluding carboxylic acids is 2. The quantitative estimate of drug-likeness (QED) is 0.485. The Morgan fingerprint density at radius 3 is 2.57 bits per heavy atom. The normalized spacial score (nSPS) is 15.8. The Bertz CT molecular complexity index is 1290. The number of likely N-dealkylation sites (N-methyl/N-ethyl adjacent to an activating group) is 1. The molecule has 1 aliphatic rings. The first kappa shape index (κ1) is 24.5. The molecule has 8 heteroatoms. The lowest BCUT2D eigenvalue weighted by atomic mass is 9.88. The predicted octanol–water partition coefficient (Wildman–Crippen LogP) is 3.51. The Labute approximate surface area is 203 Å². The topological polar surface area (TPSA) is 92.2 Å². The predicted molar refractivity (Wildman–Crippen MR) is 134 cm³/mol. The third-order valence-electron chi connectivity index (χ3n) is 6.42. The van der Waals surface area contributed by atoms with Gasteiger partial charge in [-0.3, -0.25) is 14.4 Å². The van der Waals surface area contributed by atoms with Crippen molar-refractivity contribution in [2.45, 2.75) is 38.3 Å². The van der Waals surface area contributed by atoms with Gasteiger partial charge in [0.2, 0.25) is 11.8 Å². The Morgan fingerprint density at radius 2 is 1.83 bits per heavy atom. The van der Waals surface area contributed by atoms with Crippen molar-refractivity contribution in [3.8, 4) is 11.3 Å². The number of aryl methyl sites for hydroxylation is 1. The zero-order valence-electron chi connectivity index (χ0n) is 19.8. The van der Waals surface area contributed by atoms with Crippen molar-refractivity contribution in [1.29, 1.82) is 0 Å². The smallest absolute Gasteiger partial charge is 0.281 e. The maximum absolute atomic E-state index is 13.5. The minimum Gasteiger partial charge on any atom is -0.320 e. The first-order chi connectivity index (χ1) is 16.9. The van der Waals surface area contributed by atoms with E-state index in [0.29, 0.717) is 11.3 Å². The Hall–Kier alpha value is -3.62. The maximum atomic E-state index is 13.5. The molecule has 0 fully saturated rings. The number of aromatic nitrogens is 1. The fourth-order valence-corrected chi connectivity index (χ4v) is 4.35. The second kappa shape index (κ2) is 10.8. The molecule has 3 N–H and O–H groups in total. The average molecular weight is 477 g/mol. The number of benzene rings is 2. The van der Waals surface area contributed by atoms with Crippen LogP contribution in [0.1, 0.15) is 41.7 Å². The van der Waals surface area contributed by atoms with Gasteiger partial charge in [-0.25, -0.2) is 8.96 Å². The number of hydrogen-bond acceptors (Lipinski definition) is 5. The van der Waals surface area contributed by atoms with Crippen LogP contribution >= 0.6 is 0 Å². The van der Waals surface area contributed by atoms with Gasteiger partial charge in [0.1, 0.15) is 11.5 Å². The summed E-state index contributed by atoms with van der Waals surface area (Å²) in [6, 6.07) is 16.3. The highest BCUT2D eigenvalue weighted by Crippen LogP contribution is 2.29. The molecule has 0 saturated carbocycles. The monoisotopic (exact) mass is 476 g/mol. The molecule has 35 heavy (non-hydrogen) atoms. The molecule has 2 aromatic carbocycles. The number of amides is 1. The maximum Gasteiger partial charge on any atom is 0.281 e. The molecule has 7 nitrogen and oxygen atoms in total. The largest absolute Gasteiger partial charge is 0.320 e. The summed E-state index contributed by atoms with van der Waals surface area (Å²) in [6.07, 6.45) is 2.90. The summed E-state index contributed by atoms with van der Waals surface area (Å²) in [7, 11) is 1.64. The van der Waals surface area contributed by atoms with Crippen molar-refractivity contribution in [1.82, 2.24) is 15.2 Å². The van der Waals surface area contributed by atoms with Crippen LogP contribution in [0.3, 0.4) is 0 Å². The second-order valence-electron chi connectivity index (χ2n) is 8.70. The highest BCUT2D eigenvalue weighted by Gasteiger charge is 2.23. The first-order valence-corrected chi connectivity index (χ1v) is 11.7. The van der Waals surface area contributed by atoms with Crippen LogP contribution in [-0.2, 0) is 11.2 Å². The van der Waals surface area contributed by atoms with Gasteiger partial charge in [0.25, 0.3) is 5.56 Å². The molecule has 1 aliphatic carbocycles. The van der Waals surface area contributed by atoms with Gasteiger partial charge in [0.05, 0.1) is 18.3 Å². The van der Waals surface area contributed by atoms with Gasteiger partial charge >= 0.3 is 0 Å². The molecule has 0 aliphatic heterocycles. The summed E-state index contributed by atoms with van der Waals surface area (Å²) >= 11 is 0. The second-order valence-corrected chi connectivity index (χ2v) is 8.70. The van der Waals surface area contributed by atoms with Crippen molar-refractivity contribution in [3.05, 3.63) is 88.0 Å². The number of pyridine rings is 1. The van der Waals surface area contributed by atoms with Gasteiger partial charge in [0.15, 0.2) is 0 Å².